The van der Waals surface area contributed by atoms with Crippen LogP contribution >= 0.6 is 0 Å². The Morgan fingerprint density at radius 3 is 2.72 bits per heavy atom. The highest BCUT2D eigenvalue weighted by Crippen LogP contribution is 2.19. The molecular formula is C13H15F2NO2. The normalized spacial score (nSPS) is 24.1. The third-order valence-corrected chi connectivity index (χ3v) is 3.37. The summed E-state index contributed by atoms with van der Waals surface area (Å²) in [5.41, 5.74) is 0.107. The van der Waals surface area contributed by atoms with Crippen molar-refractivity contribution in [1.29, 1.82) is 0 Å². The van der Waals surface area contributed by atoms with E-state index < -0.39 is 17.7 Å². The van der Waals surface area contributed by atoms with E-state index in [-0.39, 0.29) is 23.9 Å². The molecule has 1 aromatic rings. The van der Waals surface area contributed by atoms with Crippen molar-refractivity contribution in [2.75, 3.05) is 13.1 Å². The van der Waals surface area contributed by atoms with E-state index in [0.29, 0.717) is 13.0 Å². The second kappa shape index (κ2) is 5.02. The number of β-amino-alcohol motifs (C(OH)–C–C–N with tert-alkyl or cyclic N) is 1. The van der Waals surface area contributed by atoms with E-state index >= 15 is 0 Å². The second-order valence-corrected chi connectivity index (χ2v) is 4.71. The van der Waals surface area contributed by atoms with Crippen molar-refractivity contribution in [3.63, 3.8) is 0 Å². The number of aliphatic hydroxyl groups excluding tert-OH is 1. The standard InChI is InChI=1S/C13H15F2NO2/c1-8-4-5-16(7-12(8)17)13(18)9-2-3-10(14)11(15)6-9/h2-3,6,8,12,17H,4-5,7H2,1H3. The van der Waals surface area contributed by atoms with Gasteiger partial charge < -0.3 is 10.0 Å². The monoisotopic (exact) mass is 255 g/mol. The molecule has 0 spiro atoms. The van der Waals surface area contributed by atoms with Crippen molar-refractivity contribution in [3.05, 3.63) is 35.4 Å². The molecule has 98 valence electrons. The molecule has 0 radical (unpaired) electrons. The molecule has 1 amide bonds. The van der Waals surface area contributed by atoms with Crippen LogP contribution in [0.1, 0.15) is 23.7 Å². The van der Waals surface area contributed by atoms with Crippen LogP contribution in [-0.4, -0.2) is 35.1 Å². The number of carbonyl (C=O) groups excluding carboxylic acids is 1. The third kappa shape index (κ3) is 2.51. The quantitative estimate of drug-likeness (QED) is 0.831. The number of amides is 1. The number of carbonyl (C=O) groups is 1. The molecule has 0 saturated carbocycles. The summed E-state index contributed by atoms with van der Waals surface area (Å²) in [5.74, 6) is -2.23. The maximum absolute atomic E-state index is 13.1. The van der Waals surface area contributed by atoms with Crippen LogP contribution < -0.4 is 0 Å². The van der Waals surface area contributed by atoms with Gasteiger partial charge in [-0.15, -0.1) is 0 Å². The molecular weight excluding hydrogens is 240 g/mol. The van der Waals surface area contributed by atoms with Crippen molar-refractivity contribution in [1.82, 2.24) is 4.90 Å². The van der Waals surface area contributed by atoms with Crippen LogP contribution in [0.2, 0.25) is 0 Å². The molecule has 1 saturated heterocycles. The average Bonchev–Trinajstić information content (AvgIpc) is 2.35. The summed E-state index contributed by atoms with van der Waals surface area (Å²) in [6.07, 6.45) is 0.143. The molecule has 1 fully saturated rings. The van der Waals surface area contributed by atoms with Gasteiger partial charge in [0.2, 0.25) is 0 Å². The van der Waals surface area contributed by atoms with E-state index in [2.05, 4.69) is 0 Å². The van der Waals surface area contributed by atoms with Gasteiger partial charge in [0.25, 0.3) is 5.91 Å². The smallest absolute Gasteiger partial charge is 0.254 e. The molecule has 1 aromatic carbocycles. The number of hydrogen-bond acceptors (Lipinski definition) is 2. The van der Waals surface area contributed by atoms with Gasteiger partial charge in [-0.2, -0.15) is 0 Å². The Morgan fingerprint density at radius 1 is 1.39 bits per heavy atom. The number of aliphatic hydroxyl groups is 1. The minimum absolute atomic E-state index is 0.107. The SMILES string of the molecule is CC1CCN(C(=O)c2ccc(F)c(F)c2)CC1O. The van der Waals surface area contributed by atoms with Crippen LogP contribution in [0.25, 0.3) is 0 Å². The molecule has 18 heavy (non-hydrogen) atoms. The summed E-state index contributed by atoms with van der Waals surface area (Å²) in [4.78, 5) is 13.5. The summed E-state index contributed by atoms with van der Waals surface area (Å²) in [6.45, 7) is 2.68. The highest BCUT2D eigenvalue weighted by atomic mass is 19.2. The number of hydrogen-bond donors (Lipinski definition) is 1. The Labute approximate surface area is 104 Å². The van der Waals surface area contributed by atoms with E-state index in [1.165, 1.54) is 11.0 Å². The van der Waals surface area contributed by atoms with Gasteiger partial charge in [0.1, 0.15) is 0 Å². The first-order valence-corrected chi connectivity index (χ1v) is 5.91. The van der Waals surface area contributed by atoms with Gasteiger partial charge >= 0.3 is 0 Å². The number of likely N-dealkylation sites (tertiary alicyclic amines) is 1. The van der Waals surface area contributed by atoms with Gasteiger partial charge in [-0.3, -0.25) is 4.79 Å². The van der Waals surface area contributed by atoms with Crippen molar-refractivity contribution in [2.45, 2.75) is 19.4 Å². The zero-order valence-corrected chi connectivity index (χ0v) is 10.1. The number of piperidine rings is 1. The van der Waals surface area contributed by atoms with E-state index in [4.69, 9.17) is 0 Å². The summed E-state index contributed by atoms with van der Waals surface area (Å²) in [5, 5.41) is 9.71. The lowest BCUT2D eigenvalue weighted by Crippen LogP contribution is -2.45. The fourth-order valence-electron chi connectivity index (χ4n) is 2.05. The van der Waals surface area contributed by atoms with E-state index in [1.54, 1.807) is 0 Å². The van der Waals surface area contributed by atoms with Crippen LogP contribution in [-0.2, 0) is 0 Å². The van der Waals surface area contributed by atoms with Crippen LogP contribution in [0.5, 0.6) is 0 Å². The summed E-state index contributed by atoms with van der Waals surface area (Å²) >= 11 is 0. The predicted octanol–water partition coefficient (Wildman–Crippen LogP) is 1.81. The zero-order valence-electron chi connectivity index (χ0n) is 10.1. The summed E-state index contributed by atoms with van der Waals surface area (Å²) < 4.78 is 25.8. The Morgan fingerprint density at radius 2 is 2.11 bits per heavy atom. The molecule has 5 heteroatoms. The van der Waals surface area contributed by atoms with E-state index in [9.17, 15) is 18.7 Å². The van der Waals surface area contributed by atoms with Crippen molar-refractivity contribution in [3.8, 4) is 0 Å². The lowest BCUT2D eigenvalue weighted by atomic mass is 9.95. The number of benzene rings is 1. The maximum Gasteiger partial charge on any atom is 0.254 e. The lowest BCUT2D eigenvalue weighted by molar-refractivity contribution is 0.0248. The van der Waals surface area contributed by atoms with Gasteiger partial charge in [-0.1, -0.05) is 6.92 Å². The maximum atomic E-state index is 13.1. The minimum atomic E-state index is -1.04. The zero-order chi connectivity index (χ0) is 13.3. The molecule has 1 heterocycles. The Bertz CT molecular complexity index is 464. The fourth-order valence-corrected chi connectivity index (χ4v) is 2.05. The van der Waals surface area contributed by atoms with E-state index in [0.717, 1.165) is 12.1 Å². The predicted molar refractivity (Wildman–Crippen MR) is 62.0 cm³/mol. The molecule has 2 atom stereocenters. The van der Waals surface area contributed by atoms with Crippen molar-refractivity contribution < 1.29 is 18.7 Å². The Kier molecular flexibility index (Phi) is 3.61. The average molecular weight is 255 g/mol. The van der Waals surface area contributed by atoms with Gasteiger partial charge in [-0.25, -0.2) is 8.78 Å². The van der Waals surface area contributed by atoms with Crippen LogP contribution in [0.3, 0.4) is 0 Å². The van der Waals surface area contributed by atoms with Crippen molar-refractivity contribution >= 4 is 5.91 Å². The molecule has 2 rings (SSSR count). The van der Waals surface area contributed by atoms with E-state index in [1.807, 2.05) is 6.92 Å². The molecule has 1 N–H and O–H groups in total. The van der Waals surface area contributed by atoms with Gasteiger partial charge in [0, 0.05) is 18.7 Å². The highest BCUT2D eigenvalue weighted by molar-refractivity contribution is 5.94. The first kappa shape index (κ1) is 13.0. The summed E-state index contributed by atoms with van der Waals surface area (Å²) in [7, 11) is 0. The molecule has 0 aliphatic carbocycles. The van der Waals surface area contributed by atoms with Gasteiger partial charge in [0.15, 0.2) is 11.6 Å². The van der Waals surface area contributed by atoms with Crippen LogP contribution in [0, 0.1) is 17.6 Å². The topological polar surface area (TPSA) is 40.5 Å². The lowest BCUT2D eigenvalue weighted by Gasteiger charge is -2.34. The number of rotatable bonds is 1. The number of halogens is 2. The van der Waals surface area contributed by atoms with Crippen molar-refractivity contribution in [2.24, 2.45) is 5.92 Å². The summed E-state index contributed by atoms with van der Waals surface area (Å²) in [6, 6.07) is 3.08. The number of nitrogens with zero attached hydrogens (tertiary/aromatic N) is 1. The molecule has 0 aromatic heterocycles. The fraction of sp³-hybridized carbons (Fsp3) is 0.462. The second-order valence-electron chi connectivity index (χ2n) is 4.71. The molecule has 1 aliphatic heterocycles. The van der Waals surface area contributed by atoms with Gasteiger partial charge in [0.05, 0.1) is 6.10 Å². The van der Waals surface area contributed by atoms with Crippen LogP contribution in [0.4, 0.5) is 8.78 Å². The third-order valence-electron chi connectivity index (χ3n) is 3.37. The molecule has 3 nitrogen and oxygen atoms in total. The largest absolute Gasteiger partial charge is 0.391 e. The minimum Gasteiger partial charge on any atom is -0.391 e. The first-order chi connectivity index (χ1) is 8.49. The molecule has 0 bridgehead atoms. The molecule has 1 aliphatic rings. The Balaban J connectivity index is 2.14. The molecule has 2 unspecified atom stereocenters. The Hall–Kier alpha value is -1.49. The van der Waals surface area contributed by atoms with Gasteiger partial charge in [-0.05, 0) is 30.5 Å². The highest BCUT2D eigenvalue weighted by Gasteiger charge is 2.28. The first-order valence-electron chi connectivity index (χ1n) is 5.91. The van der Waals surface area contributed by atoms with Crippen LogP contribution in [0.15, 0.2) is 18.2 Å².